The van der Waals surface area contributed by atoms with E-state index in [0.717, 1.165) is 17.9 Å². The normalized spacial score (nSPS) is 14.6. The van der Waals surface area contributed by atoms with Crippen molar-refractivity contribution in [3.8, 4) is 0 Å². The van der Waals surface area contributed by atoms with Crippen molar-refractivity contribution in [2.75, 3.05) is 22.5 Å². The summed E-state index contributed by atoms with van der Waals surface area (Å²) in [5, 5.41) is 2.79. The molecule has 0 radical (unpaired) electrons. The van der Waals surface area contributed by atoms with Gasteiger partial charge >= 0.3 is 0 Å². The van der Waals surface area contributed by atoms with Gasteiger partial charge in [-0.1, -0.05) is 32.9 Å². The number of hydrogen-bond acceptors (Lipinski definition) is 3. The molecular weight excluding hydrogens is 284 g/mol. The molecule has 21 heavy (non-hydrogen) atoms. The average molecular weight is 306 g/mol. The fraction of sp³-hybridized carbons (Fsp3) is 0.500. The van der Waals surface area contributed by atoms with Gasteiger partial charge in [-0.15, -0.1) is 0 Å². The molecule has 2 rings (SSSR count). The van der Waals surface area contributed by atoms with Crippen LogP contribution in [0.4, 0.5) is 11.4 Å². The Morgan fingerprint density at radius 3 is 2.76 bits per heavy atom. The van der Waals surface area contributed by atoms with Crippen molar-refractivity contribution in [1.29, 1.82) is 0 Å². The Labute approximate surface area is 130 Å². The Kier molecular flexibility index (Phi) is 4.93. The van der Waals surface area contributed by atoms with Gasteiger partial charge in [0.2, 0.25) is 11.8 Å². The Balaban J connectivity index is 1.95. The average Bonchev–Trinajstić information content (AvgIpc) is 2.41. The first-order valence-corrected chi connectivity index (χ1v) is 8.18. The number of para-hydroxylation sites is 2. The van der Waals surface area contributed by atoms with Crippen LogP contribution in [0.2, 0.25) is 0 Å². The van der Waals surface area contributed by atoms with E-state index in [1.807, 2.05) is 36.0 Å². The van der Waals surface area contributed by atoms with Crippen LogP contribution in [0.3, 0.4) is 0 Å². The van der Waals surface area contributed by atoms with E-state index in [1.165, 1.54) is 0 Å². The molecule has 0 aromatic heterocycles. The predicted octanol–water partition coefficient (Wildman–Crippen LogP) is 3.28. The van der Waals surface area contributed by atoms with Gasteiger partial charge in [0.25, 0.3) is 0 Å². The first-order chi connectivity index (χ1) is 9.87. The molecule has 5 heteroatoms. The molecule has 0 spiro atoms. The second kappa shape index (κ2) is 6.52. The summed E-state index contributed by atoms with van der Waals surface area (Å²) in [7, 11) is 0. The van der Waals surface area contributed by atoms with Crippen LogP contribution < -0.4 is 10.2 Å². The van der Waals surface area contributed by atoms with Crippen LogP contribution in [0.25, 0.3) is 0 Å². The lowest BCUT2D eigenvalue weighted by atomic mass is 10.1. The Hall–Kier alpha value is -1.49. The number of nitrogens with zero attached hydrogens (tertiary/aromatic N) is 1. The number of benzene rings is 1. The first-order valence-electron chi connectivity index (χ1n) is 7.20. The van der Waals surface area contributed by atoms with Gasteiger partial charge in [-0.25, -0.2) is 0 Å². The number of anilines is 2. The summed E-state index contributed by atoms with van der Waals surface area (Å²) >= 11 is 1.86. The second-order valence-corrected chi connectivity index (χ2v) is 8.03. The quantitative estimate of drug-likeness (QED) is 0.868. The summed E-state index contributed by atoms with van der Waals surface area (Å²) in [6.45, 7) is 6.63. The lowest BCUT2D eigenvalue weighted by molar-refractivity contribution is -0.121. The standard InChI is InChI=1S/C16H22N2O2S/c1-16(2,3)21-10-6-9-15(20)18-11-14(19)17-12-7-4-5-8-13(12)18/h4-5,7-8H,6,9-11H2,1-3H3,(H,17,19). The lowest BCUT2D eigenvalue weighted by Gasteiger charge is -2.29. The van der Waals surface area contributed by atoms with E-state index in [0.29, 0.717) is 12.1 Å². The van der Waals surface area contributed by atoms with E-state index in [4.69, 9.17) is 0 Å². The molecule has 4 nitrogen and oxygen atoms in total. The molecule has 1 heterocycles. The summed E-state index contributed by atoms with van der Waals surface area (Å²) in [6, 6.07) is 7.43. The van der Waals surface area contributed by atoms with Crippen LogP contribution in [-0.4, -0.2) is 28.9 Å². The summed E-state index contributed by atoms with van der Waals surface area (Å²) in [5.41, 5.74) is 1.51. The number of thioether (sulfide) groups is 1. The van der Waals surface area contributed by atoms with Crippen molar-refractivity contribution in [1.82, 2.24) is 0 Å². The summed E-state index contributed by atoms with van der Waals surface area (Å²) < 4.78 is 0.223. The van der Waals surface area contributed by atoms with Gasteiger partial charge < -0.3 is 10.2 Å². The third kappa shape index (κ3) is 4.49. The zero-order valence-corrected chi connectivity index (χ0v) is 13.6. The lowest BCUT2D eigenvalue weighted by Crippen LogP contribution is -2.42. The monoisotopic (exact) mass is 306 g/mol. The molecular formula is C16H22N2O2S. The van der Waals surface area contributed by atoms with Gasteiger partial charge in [-0.2, -0.15) is 11.8 Å². The number of carbonyl (C=O) groups excluding carboxylic acids is 2. The largest absolute Gasteiger partial charge is 0.323 e. The van der Waals surface area contributed by atoms with E-state index >= 15 is 0 Å². The third-order valence-electron chi connectivity index (χ3n) is 3.14. The maximum atomic E-state index is 12.4. The summed E-state index contributed by atoms with van der Waals surface area (Å²) in [6.07, 6.45) is 1.31. The number of hydrogen-bond donors (Lipinski definition) is 1. The van der Waals surface area contributed by atoms with E-state index in [-0.39, 0.29) is 23.1 Å². The van der Waals surface area contributed by atoms with Crippen molar-refractivity contribution in [2.24, 2.45) is 0 Å². The number of carbonyl (C=O) groups is 2. The number of fused-ring (bicyclic) bond motifs is 1. The molecule has 0 atom stereocenters. The van der Waals surface area contributed by atoms with Crippen LogP contribution in [0.1, 0.15) is 33.6 Å². The molecule has 1 aliphatic rings. The van der Waals surface area contributed by atoms with Gasteiger partial charge in [-0.05, 0) is 24.3 Å². The Bertz CT molecular complexity index is 537. The molecule has 1 aliphatic heterocycles. The summed E-state index contributed by atoms with van der Waals surface area (Å²) in [5.74, 6) is 0.842. The molecule has 0 bridgehead atoms. The number of amides is 2. The van der Waals surface area contributed by atoms with Crippen LogP contribution in [-0.2, 0) is 9.59 Å². The molecule has 2 amide bonds. The molecule has 0 aliphatic carbocycles. The Morgan fingerprint density at radius 2 is 2.05 bits per heavy atom. The fourth-order valence-electron chi connectivity index (χ4n) is 2.19. The first kappa shape index (κ1) is 15.9. The van der Waals surface area contributed by atoms with E-state index in [9.17, 15) is 9.59 Å². The van der Waals surface area contributed by atoms with Crippen LogP contribution in [0, 0.1) is 0 Å². The molecule has 1 N–H and O–H groups in total. The van der Waals surface area contributed by atoms with Crippen LogP contribution >= 0.6 is 11.8 Å². The Morgan fingerprint density at radius 1 is 1.33 bits per heavy atom. The molecule has 1 aromatic carbocycles. The molecule has 0 unspecified atom stereocenters. The van der Waals surface area contributed by atoms with Gasteiger partial charge in [-0.3, -0.25) is 9.59 Å². The highest BCUT2D eigenvalue weighted by Crippen LogP contribution is 2.30. The van der Waals surface area contributed by atoms with Crippen molar-refractivity contribution in [2.45, 2.75) is 38.4 Å². The minimum atomic E-state index is -0.133. The van der Waals surface area contributed by atoms with E-state index in [2.05, 4.69) is 26.1 Å². The minimum absolute atomic E-state index is 0.0202. The summed E-state index contributed by atoms with van der Waals surface area (Å²) in [4.78, 5) is 25.7. The molecule has 0 saturated heterocycles. The van der Waals surface area contributed by atoms with Crippen LogP contribution in [0.15, 0.2) is 24.3 Å². The molecule has 0 saturated carbocycles. The SMILES string of the molecule is CC(C)(C)SCCCC(=O)N1CC(=O)Nc2ccccc21. The van der Waals surface area contributed by atoms with Gasteiger partial charge in [0.15, 0.2) is 0 Å². The van der Waals surface area contributed by atoms with Gasteiger partial charge in [0.05, 0.1) is 11.4 Å². The highest BCUT2D eigenvalue weighted by atomic mass is 32.2. The highest BCUT2D eigenvalue weighted by Gasteiger charge is 2.26. The maximum Gasteiger partial charge on any atom is 0.244 e. The molecule has 0 fully saturated rings. The maximum absolute atomic E-state index is 12.4. The second-order valence-electron chi connectivity index (χ2n) is 6.11. The van der Waals surface area contributed by atoms with Crippen molar-refractivity contribution in [3.63, 3.8) is 0 Å². The molecule has 114 valence electrons. The van der Waals surface area contributed by atoms with Gasteiger partial charge in [0, 0.05) is 11.2 Å². The van der Waals surface area contributed by atoms with Gasteiger partial charge in [0.1, 0.15) is 6.54 Å². The van der Waals surface area contributed by atoms with E-state index < -0.39 is 0 Å². The van der Waals surface area contributed by atoms with Crippen molar-refractivity contribution < 1.29 is 9.59 Å². The van der Waals surface area contributed by atoms with Crippen molar-refractivity contribution in [3.05, 3.63) is 24.3 Å². The zero-order chi connectivity index (χ0) is 15.5. The smallest absolute Gasteiger partial charge is 0.244 e. The zero-order valence-electron chi connectivity index (χ0n) is 12.8. The fourth-order valence-corrected chi connectivity index (χ4v) is 3.09. The van der Waals surface area contributed by atoms with Crippen LogP contribution in [0.5, 0.6) is 0 Å². The minimum Gasteiger partial charge on any atom is -0.323 e. The number of rotatable bonds is 4. The number of nitrogens with one attached hydrogen (secondary N) is 1. The topological polar surface area (TPSA) is 49.4 Å². The van der Waals surface area contributed by atoms with Crippen molar-refractivity contribution >= 4 is 35.0 Å². The van der Waals surface area contributed by atoms with E-state index in [1.54, 1.807) is 4.90 Å². The molecule has 1 aromatic rings. The highest BCUT2D eigenvalue weighted by molar-refractivity contribution is 8.00. The third-order valence-corrected chi connectivity index (χ3v) is 4.50. The predicted molar refractivity (Wildman–Crippen MR) is 88.9 cm³/mol.